The lowest BCUT2D eigenvalue weighted by atomic mass is 10.0. The standard InChI is InChI=1S/C13H17NO3/c1-9-7-13(15)17-12-8-10(3-4-11(9)12)16-6-2-5-14/h3-4,7-8,13,15H,2,5-6,14H2,1H3. The molecule has 1 heterocycles. The molecule has 4 heteroatoms. The summed E-state index contributed by atoms with van der Waals surface area (Å²) in [6.45, 7) is 3.15. The minimum absolute atomic E-state index is 0.590. The van der Waals surface area contributed by atoms with Crippen molar-refractivity contribution in [1.29, 1.82) is 0 Å². The van der Waals surface area contributed by atoms with Crippen LogP contribution in [0.1, 0.15) is 18.9 Å². The van der Waals surface area contributed by atoms with Gasteiger partial charge in [-0.2, -0.15) is 0 Å². The Morgan fingerprint density at radius 3 is 3.06 bits per heavy atom. The van der Waals surface area contributed by atoms with Crippen LogP contribution >= 0.6 is 0 Å². The minimum atomic E-state index is -0.873. The molecule has 4 nitrogen and oxygen atoms in total. The maximum Gasteiger partial charge on any atom is 0.217 e. The summed E-state index contributed by atoms with van der Waals surface area (Å²) < 4.78 is 10.8. The molecule has 1 aliphatic rings. The third-order valence-electron chi connectivity index (χ3n) is 2.64. The fourth-order valence-corrected chi connectivity index (χ4v) is 1.76. The molecule has 17 heavy (non-hydrogen) atoms. The topological polar surface area (TPSA) is 64.7 Å². The van der Waals surface area contributed by atoms with Crippen LogP contribution in [0.25, 0.3) is 5.57 Å². The van der Waals surface area contributed by atoms with Gasteiger partial charge < -0.3 is 20.3 Å². The average Bonchev–Trinajstić information content (AvgIpc) is 2.28. The van der Waals surface area contributed by atoms with E-state index in [0.717, 1.165) is 23.3 Å². The van der Waals surface area contributed by atoms with E-state index in [4.69, 9.17) is 15.2 Å². The highest BCUT2D eigenvalue weighted by Gasteiger charge is 2.16. The number of aliphatic hydroxyl groups is 1. The van der Waals surface area contributed by atoms with Crippen LogP contribution in [0, 0.1) is 0 Å². The number of hydrogen-bond donors (Lipinski definition) is 2. The lowest BCUT2D eigenvalue weighted by Gasteiger charge is -2.21. The zero-order chi connectivity index (χ0) is 12.3. The number of aliphatic hydroxyl groups excluding tert-OH is 1. The molecule has 0 radical (unpaired) electrons. The van der Waals surface area contributed by atoms with Crippen LogP contribution in [0.15, 0.2) is 24.3 Å². The number of nitrogens with two attached hydrogens (primary N) is 1. The zero-order valence-corrected chi connectivity index (χ0v) is 9.85. The Balaban J connectivity index is 2.14. The van der Waals surface area contributed by atoms with Gasteiger partial charge in [-0.1, -0.05) is 0 Å². The molecule has 0 fully saturated rings. The molecule has 0 saturated heterocycles. The number of allylic oxidation sites excluding steroid dienone is 1. The van der Waals surface area contributed by atoms with Gasteiger partial charge in [0.15, 0.2) is 0 Å². The van der Waals surface area contributed by atoms with Crippen molar-refractivity contribution in [2.24, 2.45) is 5.73 Å². The highest BCUT2D eigenvalue weighted by molar-refractivity contribution is 5.71. The van der Waals surface area contributed by atoms with Gasteiger partial charge in [-0.05, 0) is 43.7 Å². The first-order chi connectivity index (χ1) is 8.20. The monoisotopic (exact) mass is 235 g/mol. The Bertz CT molecular complexity index is 429. The molecule has 1 aromatic rings. The molecule has 0 saturated carbocycles. The van der Waals surface area contributed by atoms with Crippen molar-refractivity contribution in [3.8, 4) is 11.5 Å². The summed E-state index contributed by atoms with van der Waals surface area (Å²) in [7, 11) is 0. The van der Waals surface area contributed by atoms with E-state index in [1.165, 1.54) is 0 Å². The van der Waals surface area contributed by atoms with Crippen LogP contribution < -0.4 is 15.2 Å². The second kappa shape index (κ2) is 5.21. The maximum absolute atomic E-state index is 9.48. The predicted molar refractivity (Wildman–Crippen MR) is 65.9 cm³/mol. The van der Waals surface area contributed by atoms with E-state index in [0.29, 0.717) is 18.9 Å². The lowest BCUT2D eigenvalue weighted by molar-refractivity contribution is 0.0223. The van der Waals surface area contributed by atoms with E-state index in [9.17, 15) is 5.11 Å². The molecular formula is C13H17NO3. The molecule has 0 aliphatic carbocycles. The largest absolute Gasteiger partial charge is 0.493 e. The molecule has 1 aromatic carbocycles. The Labute approximate surface area is 101 Å². The number of fused-ring (bicyclic) bond motifs is 1. The van der Waals surface area contributed by atoms with Crippen molar-refractivity contribution in [1.82, 2.24) is 0 Å². The van der Waals surface area contributed by atoms with Crippen LogP contribution in [0.2, 0.25) is 0 Å². The van der Waals surface area contributed by atoms with E-state index in [1.807, 2.05) is 19.1 Å². The van der Waals surface area contributed by atoms with Crippen molar-refractivity contribution < 1.29 is 14.6 Å². The van der Waals surface area contributed by atoms with Crippen LogP contribution in [0.5, 0.6) is 11.5 Å². The summed E-state index contributed by atoms with van der Waals surface area (Å²) in [6, 6.07) is 5.63. The number of ether oxygens (including phenoxy) is 2. The highest BCUT2D eigenvalue weighted by atomic mass is 16.6. The van der Waals surface area contributed by atoms with Crippen LogP contribution in [-0.2, 0) is 0 Å². The smallest absolute Gasteiger partial charge is 0.217 e. The van der Waals surface area contributed by atoms with E-state index in [-0.39, 0.29) is 0 Å². The first-order valence-electron chi connectivity index (χ1n) is 5.71. The normalized spacial score (nSPS) is 18.1. The molecule has 0 amide bonds. The molecule has 0 spiro atoms. The minimum Gasteiger partial charge on any atom is -0.493 e. The van der Waals surface area contributed by atoms with Gasteiger partial charge in [-0.15, -0.1) is 0 Å². The molecule has 92 valence electrons. The lowest BCUT2D eigenvalue weighted by Crippen LogP contribution is -2.17. The number of hydrogen-bond acceptors (Lipinski definition) is 4. The van der Waals surface area contributed by atoms with Crippen molar-refractivity contribution in [2.75, 3.05) is 13.2 Å². The Kier molecular flexibility index (Phi) is 3.66. The maximum atomic E-state index is 9.48. The van der Waals surface area contributed by atoms with Crippen LogP contribution in [-0.4, -0.2) is 24.5 Å². The number of benzene rings is 1. The fraction of sp³-hybridized carbons (Fsp3) is 0.385. The van der Waals surface area contributed by atoms with E-state index >= 15 is 0 Å². The molecule has 1 aliphatic heterocycles. The van der Waals surface area contributed by atoms with Gasteiger partial charge in [0, 0.05) is 11.6 Å². The van der Waals surface area contributed by atoms with E-state index in [2.05, 4.69) is 0 Å². The summed E-state index contributed by atoms with van der Waals surface area (Å²) in [5.41, 5.74) is 7.39. The number of rotatable bonds is 4. The second-order valence-electron chi connectivity index (χ2n) is 4.01. The molecular weight excluding hydrogens is 218 g/mol. The Hall–Kier alpha value is -1.52. The summed E-state index contributed by atoms with van der Waals surface area (Å²) in [5, 5.41) is 9.48. The van der Waals surface area contributed by atoms with Crippen molar-refractivity contribution in [3.05, 3.63) is 29.8 Å². The summed E-state index contributed by atoms with van der Waals surface area (Å²) >= 11 is 0. The third-order valence-corrected chi connectivity index (χ3v) is 2.64. The quantitative estimate of drug-likeness (QED) is 0.777. The van der Waals surface area contributed by atoms with Gasteiger partial charge in [0.2, 0.25) is 6.29 Å². The third kappa shape index (κ3) is 2.78. The molecule has 0 bridgehead atoms. The summed E-state index contributed by atoms with van der Waals surface area (Å²) in [4.78, 5) is 0. The predicted octanol–water partition coefficient (Wildman–Crippen LogP) is 1.53. The summed E-state index contributed by atoms with van der Waals surface area (Å²) in [6.07, 6.45) is 1.62. The SMILES string of the molecule is CC1=CC(O)Oc2cc(OCCCN)ccc21. The van der Waals surface area contributed by atoms with Gasteiger partial charge in [-0.25, -0.2) is 0 Å². The van der Waals surface area contributed by atoms with Gasteiger partial charge in [0.25, 0.3) is 0 Å². The van der Waals surface area contributed by atoms with Gasteiger partial charge >= 0.3 is 0 Å². The molecule has 0 aromatic heterocycles. The van der Waals surface area contributed by atoms with E-state index < -0.39 is 6.29 Å². The van der Waals surface area contributed by atoms with Gasteiger partial charge in [0.1, 0.15) is 11.5 Å². The highest BCUT2D eigenvalue weighted by Crippen LogP contribution is 2.34. The molecule has 1 unspecified atom stereocenters. The first kappa shape index (κ1) is 12.0. The van der Waals surface area contributed by atoms with Crippen LogP contribution in [0.3, 0.4) is 0 Å². The molecule has 2 rings (SSSR count). The summed E-state index contributed by atoms with van der Waals surface area (Å²) in [5.74, 6) is 1.39. The zero-order valence-electron chi connectivity index (χ0n) is 9.85. The van der Waals surface area contributed by atoms with Gasteiger partial charge in [-0.3, -0.25) is 0 Å². The molecule has 1 atom stereocenters. The average molecular weight is 235 g/mol. The Morgan fingerprint density at radius 1 is 1.47 bits per heavy atom. The van der Waals surface area contributed by atoms with Gasteiger partial charge in [0.05, 0.1) is 6.61 Å². The van der Waals surface area contributed by atoms with Crippen LogP contribution in [0.4, 0.5) is 0 Å². The first-order valence-corrected chi connectivity index (χ1v) is 5.71. The second-order valence-corrected chi connectivity index (χ2v) is 4.01. The van der Waals surface area contributed by atoms with Crippen molar-refractivity contribution in [2.45, 2.75) is 19.6 Å². The molecule has 3 N–H and O–H groups in total. The Morgan fingerprint density at radius 2 is 2.29 bits per heavy atom. The fourth-order valence-electron chi connectivity index (χ4n) is 1.76. The van der Waals surface area contributed by atoms with Crippen molar-refractivity contribution in [3.63, 3.8) is 0 Å². The van der Waals surface area contributed by atoms with E-state index in [1.54, 1.807) is 12.1 Å². The van der Waals surface area contributed by atoms with Crippen molar-refractivity contribution >= 4 is 5.57 Å².